The van der Waals surface area contributed by atoms with Gasteiger partial charge < -0.3 is 24.8 Å². The highest BCUT2D eigenvalue weighted by Crippen LogP contribution is 2.25. The molecule has 0 aromatic heterocycles. The van der Waals surface area contributed by atoms with Crippen LogP contribution in [0.2, 0.25) is 0 Å². The molecular weight excluding hydrogens is 707 g/mol. The third-order valence-electron chi connectivity index (χ3n) is 7.24. The third-order valence-corrected chi connectivity index (χ3v) is 7.24. The summed E-state index contributed by atoms with van der Waals surface area (Å²) in [5.41, 5.74) is 6.81. The number of phenols is 1. The molecule has 0 radical (unpaired) electrons. The van der Waals surface area contributed by atoms with E-state index in [2.05, 4.69) is 132 Å². The number of carbonyl (C=O) groups excluding carboxylic acids is 1. The predicted octanol–water partition coefficient (Wildman–Crippen LogP) is 13.9. The third kappa shape index (κ3) is 30.5. The molecule has 0 bridgehead atoms. The van der Waals surface area contributed by atoms with Crippen molar-refractivity contribution < 1.29 is 19.4 Å². The van der Waals surface area contributed by atoms with Gasteiger partial charge >= 0.3 is 5.97 Å². The van der Waals surface area contributed by atoms with Crippen LogP contribution in [0.1, 0.15) is 134 Å². The Morgan fingerprint density at radius 3 is 1.53 bits per heavy atom. The second kappa shape index (κ2) is 31.7. The van der Waals surface area contributed by atoms with Gasteiger partial charge in [-0.15, -0.1) is 0 Å². The Labute approximate surface area is 350 Å². The molecule has 0 aliphatic rings. The number of hydrogen-bond acceptors (Lipinski definition) is 7. The summed E-state index contributed by atoms with van der Waals surface area (Å²) >= 11 is 0. The first-order valence-corrected chi connectivity index (χ1v) is 20.8. The van der Waals surface area contributed by atoms with Crippen molar-refractivity contribution in [3.63, 3.8) is 0 Å². The van der Waals surface area contributed by atoms with Crippen LogP contribution in [0.15, 0.2) is 103 Å². The van der Waals surface area contributed by atoms with E-state index in [0.29, 0.717) is 6.61 Å². The maximum Gasteiger partial charge on any atom is 0.311 e. The lowest BCUT2D eigenvalue weighted by Crippen LogP contribution is -2.38. The minimum atomic E-state index is -0.285. The SMILES string of the molecule is CC.CC.CC.CC.CC(C)(C)NCOC(=O)Cc1ccc(O)cc1.CN(c1ccc(Nc2ccccc2)cc1)C(C)(C)C.Cc1ccc(COC(C)(C)C)cc1. The molecule has 0 heterocycles. The average Bonchev–Trinajstić information content (AvgIpc) is 3.18. The van der Waals surface area contributed by atoms with Crippen LogP contribution in [0.3, 0.4) is 0 Å². The molecule has 0 atom stereocenters. The van der Waals surface area contributed by atoms with Crippen molar-refractivity contribution >= 4 is 23.0 Å². The fourth-order valence-corrected chi connectivity index (χ4v) is 3.99. The zero-order chi connectivity index (χ0) is 44.7. The number of benzene rings is 4. The van der Waals surface area contributed by atoms with Crippen molar-refractivity contribution in [1.82, 2.24) is 5.32 Å². The van der Waals surface area contributed by atoms with Crippen LogP contribution < -0.4 is 15.5 Å². The molecule has 0 fully saturated rings. The summed E-state index contributed by atoms with van der Waals surface area (Å²) in [6.07, 6.45) is 0.214. The number of ether oxygens (including phenoxy) is 2. The standard InChI is InChI=1S/C17H22N2.C13H19NO3.C12H18O.4C2H6/c1-17(2,3)19(4)16-12-10-15(11-13-16)18-14-8-6-5-7-9-14;1-13(2,3)14-9-17-12(16)8-10-4-6-11(15)7-5-10;1-10-5-7-11(8-6-10)9-13-12(2,3)4;4*1-2/h5-13,18H,1-4H3;4-7,14-15H,8-9H2,1-3H3;5-8H,9H2,1-4H3;4*1-2H3. The molecular formula is C50H83N3O4. The van der Waals surface area contributed by atoms with E-state index in [1.54, 1.807) is 24.3 Å². The molecule has 4 aromatic rings. The van der Waals surface area contributed by atoms with Gasteiger partial charge in [0.15, 0.2) is 0 Å². The number of nitrogens with one attached hydrogen (secondary N) is 2. The highest BCUT2D eigenvalue weighted by Gasteiger charge is 2.17. The van der Waals surface area contributed by atoms with E-state index in [1.165, 1.54) is 16.8 Å². The van der Waals surface area contributed by atoms with Gasteiger partial charge in [-0.2, -0.15) is 0 Å². The fraction of sp³-hybridized carbons (Fsp3) is 0.500. The number of anilines is 3. The highest BCUT2D eigenvalue weighted by molar-refractivity contribution is 5.72. The number of carbonyl (C=O) groups is 1. The number of aryl methyl sites for hydroxylation is 1. The maximum absolute atomic E-state index is 11.5. The van der Waals surface area contributed by atoms with Crippen LogP contribution in [-0.4, -0.2) is 41.5 Å². The van der Waals surface area contributed by atoms with Crippen molar-refractivity contribution in [2.24, 2.45) is 0 Å². The van der Waals surface area contributed by atoms with Gasteiger partial charge in [0.05, 0.1) is 18.6 Å². The first-order valence-electron chi connectivity index (χ1n) is 20.8. The molecule has 0 saturated carbocycles. The number of hydrogen-bond donors (Lipinski definition) is 3. The summed E-state index contributed by atoms with van der Waals surface area (Å²) in [4.78, 5) is 13.7. The average molecular weight is 790 g/mol. The molecule has 0 aliphatic carbocycles. The maximum atomic E-state index is 11.5. The van der Waals surface area contributed by atoms with E-state index < -0.39 is 0 Å². The number of esters is 1. The Morgan fingerprint density at radius 2 is 1.09 bits per heavy atom. The summed E-state index contributed by atoms with van der Waals surface area (Å²) in [5.74, 6) is -0.0936. The van der Waals surface area contributed by atoms with Gasteiger partial charge in [0.1, 0.15) is 12.5 Å². The van der Waals surface area contributed by atoms with Gasteiger partial charge in [0.2, 0.25) is 0 Å². The molecule has 7 nitrogen and oxygen atoms in total. The molecule has 0 aliphatic heterocycles. The first kappa shape index (κ1) is 57.0. The normalized spacial score (nSPS) is 10.2. The highest BCUT2D eigenvalue weighted by atomic mass is 16.5. The molecule has 7 heteroatoms. The zero-order valence-corrected chi connectivity index (χ0v) is 39.6. The van der Waals surface area contributed by atoms with Crippen LogP contribution >= 0.6 is 0 Å². The molecule has 0 unspecified atom stereocenters. The summed E-state index contributed by atoms with van der Waals surface area (Å²) < 4.78 is 10.7. The first-order chi connectivity index (χ1) is 26.8. The van der Waals surface area contributed by atoms with Crippen molar-refractivity contribution in [3.8, 4) is 5.75 Å². The van der Waals surface area contributed by atoms with Crippen LogP contribution in [0.4, 0.5) is 17.1 Å². The van der Waals surface area contributed by atoms with Gasteiger partial charge in [-0.05, 0) is 129 Å². The van der Waals surface area contributed by atoms with Crippen LogP contribution in [0.5, 0.6) is 5.75 Å². The van der Waals surface area contributed by atoms with Crippen LogP contribution in [0, 0.1) is 6.92 Å². The van der Waals surface area contributed by atoms with E-state index in [9.17, 15) is 4.79 Å². The molecule has 3 N–H and O–H groups in total. The molecule has 322 valence electrons. The van der Waals surface area contributed by atoms with Crippen molar-refractivity contribution in [1.29, 1.82) is 0 Å². The Kier molecular flexibility index (Phi) is 31.7. The summed E-state index contributed by atoms with van der Waals surface area (Å²) in [6, 6.07) is 33.7. The topological polar surface area (TPSA) is 83.1 Å². The van der Waals surface area contributed by atoms with Crippen molar-refractivity contribution in [2.75, 3.05) is 24.0 Å². The van der Waals surface area contributed by atoms with Gasteiger partial charge in [-0.1, -0.05) is 116 Å². The summed E-state index contributed by atoms with van der Waals surface area (Å²) in [6.45, 7) is 37.8. The lowest BCUT2D eigenvalue weighted by Gasteiger charge is -2.34. The minimum absolute atomic E-state index is 0.0507. The van der Waals surface area contributed by atoms with E-state index in [1.807, 2.05) is 94.4 Å². The van der Waals surface area contributed by atoms with Gasteiger partial charge in [0, 0.05) is 35.2 Å². The predicted molar refractivity (Wildman–Crippen MR) is 251 cm³/mol. The van der Waals surface area contributed by atoms with Crippen molar-refractivity contribution in [2.45, 2.75) is 154 Å². The minimum Gasteiger partial charge on any atom is -0.508 e. The molecule has 57 heavy (non-hydrogen) atoms. The van der Waals surface area contributed by atoms with Gasteiger partial charge in [-0.3, -0.25) is 10.1 Å². The molecule has 0 saturated heterocycles. The smallest absolute Gasteiger partial charge is 0.311 e. The number of aromatic hydroxyl groups is 1. The van der Waals surface area contributed by atoms with E-state index >= 15 is 0 Å². The summed E-state index contributed by atoms with van der Waals surface area (Å²) in [5, 5.41) is 15.6. The second-order valence-corrected chi connectivity index (χ2v) is 15.1. The van der Waals surface area contributed by atoms with E-state index in [4.69, 9.17) is 14.6 Å². The Balaban J connectivity index is -0.000000713. The monoisotopic (exact) mass is 790 g/mol. The molecule has 0 spiro atoms. The lowest BCUT2D eigenvalue weighted by molar-refractivity contribution is -0.144. The van der Waals surface area contributed by atoms with E-state index in [-0.39, 0.29) is 41.5 Å². The quantitative estimate of drug-likeness (QED) is 0.115. The van der Waals surface area contributed by atoms with Crippen molar-refractivity contribution in [3.05, 3.63) is 120 Å². The van der Waals surface area contributed by atoms with Crippen LogP contribution in [0.25, 0.3) is 0 Å². The zero-order valence-electron chi connectivity index (χ0n) is 39.6. The molecule has 4 rings (SSSR count). The number of rotatable bonds is 9. The number of nitrogens with zero attached hydrogens (tertiary/aromatic N) is 1. The number of para-hydroxylation sites is 1. The Bertz CT molecular complexity index is 1500. The van der Waals surface area contributed by atoms with Gasteiger partial charge in [-0.25, -0.2) is 0 Å². The lowest BCUT2D eigenvalue weighted by atomic mass is 10.1. The van der Waals surface area contributed by atoms with Gasteiger partial charge in [0.25, 0.3) is 0 Å². The summed E-state index contributed by atoms with van der Waals surface area (Å²) in [7, 11) is 2.12. The second-order valence-electron chi connectivity index (χ2n) is 15.1. The Hall–Kier alpha value is -4.33. The fourth-order valence-electron chi connectivity index (χ4n) is 3.99. The molecule has 0 amide bonds. The van der Waals surface area contributed by atoms with E-state index in [0.717, 1.165) is 16.9 Å². The largest absolute Gasteiger partial charge is 0.508 e. The molecule has 4 aromatic carbocycles. The number of phenolic OH excluding ortho intramolecular Hbond substituents is 1. The Morgan fingerprint density at radius 1 is 0.632 bits per heavy atom. The van der Waals surface area contributed by atoms with Crippen LogP contribution in [-0.2, 0) is 27.3 Å².